The second-order valence-electron chi connectivity index (χ2n) is 5.44. The van der Waals surface area contributed by atoms with Crippen LogP contribution in [0, 0.1) is 5.82 Å². The van der Waals surface area contributed by atoms with Gasteiger partial charge in [-0.05, 0) is 31.9 Å². The zero-order chi connectivity index (χ0) is 13.3. The highest BCUT2D eigenvalue weighted by Crippen LogP contribution is 2.29. The molecule has 1 aromatic carbocycles. The summed E-state index contributed by atoms with van der Waals surface area (Å²) in [5, 5.41) is 9.64. The number of carbonyl (C=O) groups excluding carboxylic acids is 1. The molecule has 2 rings (SSSR count). The molecule has 98 valence electrons. The van der Waals surface area contributed by atoms with Crippen molar-refractivity contribution in [1.82, 2.24) is 4.90 Å². The monoisotopic (exact) mass is 251 g/mol. The van der Waals surface area contributed by atoms with Crippen molar-refractivity contribution in [3.63, 3.8) is 0 Å². The third-order valence-electron chi connectivity index (χ3n) is 3.46. The van der Waals surface area contributed by atoms with Crippen molar-refractivity contribution in [2.24, 2.45) is 0 Å². The van der Waals surface area contributed by atoms with E-state index in [1.54, 1.807) is 23.1 Å². The fraction of sp³-hybridized carbons (Fsp3) is 0.500. The summed E-state index contributed by atoms with van der Waals surface area (Å²) in [6, 6.07) is 6.29. The van der Waals surface area contributed by atoms with Gasteiger partial charge in [-0.25, -0.2) is 4.39 Å². The molecule has 1 aliphatic heterocycles. The van der Waals surface area contributed by atoms with Gasteiger partial charge in [-0.15, -0.1) is 0 Å². The first-order valence-electron chi connectivity index (χ1n) is 6.12. The fourth-order valence-electron chi connectivity index (χ4n) is 2.55. The normalized spacial score (nSPS) is 22.2. The number of hydrogen-bond acceptors (Lipinski definition) is 2. The van der Waals surface area contributed by atoms with Crippen molar-refractivity contribution >= 4 is 5.91 Å². The number of amides is 1. The van der Waals surface area contributed by atoms with Gasteiger partial charge in [0.25, 0.3) is 0 Å². The predicted octanol–water partition coefficient (Wildman–Crippen LogP) is 1.74. The van der Waals surface area contributed by atoms with Crippen molar-refractivity contribution in [1.29, 1.82) is 0 Å². The maximum absolute atomic E-state index is 13.5. The van der Waals surface area contributed by atoms with Crippen LogP contribution in [-0.2, 0) is 11.2 Å². The van der Waals surface area contributed by atoms with Gasteiger partial charge >= 0.3 is 0 Å². The first kappa shape index (κ1) is 13.0. The van der Waals surface area contributed by atoms with Crippen molar-refractivity contribution in [2.75, 3.05) is 6.54 Å². The third kappa shape index (κ3) is 2.53. The Bertz CT molecular complexity index is 459. The SMILES string of the molecule is CC1(C)CC(O)CN1C(=O)Cc1ccccc1F. The molecule has 0 spiro atoms. The van der Waals surface area contributed by atoms with E-state index >= 15 is 0 Å². The van der Waals surface area contributed by atoms with Crippen LogP contribution in [0.15, 0.2) is 24.3 Å². The van der Waals surface area contributed by atoms with Crippen LogP contribution in [0.2, 0.25) is 0 Å². The molecule has 0 bridgehead atoms. The lowest BCUT2D eigenvalue weighted by Gasteiger charge is -2.31. The second-order valence-corrected chi connectivity index (χ2v) is 5.44. The van der Waals surface area contributed by atoms with Crippen molar-refractivity contribution in [3.8, 4) is 0 Å². The highest BCUT2D eigenvalue weighted by Gasteiger charge is 2.40. The number of likely N-dealkylation sites (tertiary alicyclic amines) is 1. The largest absolute Gasteiger partial charge is 0.391 e. The fourth-order valence-corrected chi connectivity index (χ4v) is 2.55. The maximum Gasteiger partial charge on any atom is 0.227 e. The maximum atomic E-state index is 13.5. The molecule has 1 saturated heterocycles. The molecule has 0 aromatic heterocycles. The van der Waals surface area contributed by atoms with E-state index < -0.39 is 6.10 Å². The Labute approximate surface area is 106 Å². The molecule has 3 nitrogen and oxygen atoms in total. The molecule has 1 atom stereocenters. The summed E-state index contributed by atoms with van der Waals surface area (Å²) in [4.78, 5) is 13.8. The number of hydrogen-bond donors (Lipinski definition) is 1. The summed E-state index contributed by atoms with van der Waals surface area (Å²) >= 11 is 0. The van der Waals surface area contributed by atoms with Gasteiger partial charge in [0.1, 0.15) is 5.82 Å². The van der Waals surface area contributed by atoms with Crippen LogP contribution in [-0.4, -0.2) is 34.1 Å². The molecule has 18 heavy (non-hydrogen) atoms. The molecule has 0 radical (unpaired) electrons. The lowest BCUT2D eigenvalue weighted by molar-refractivity contribution is -0.133. The molecular weight excluding hydrogens is 233 g/mol. The van der Waals surface area contributed by atoms with Crippen LogP contribution in [0.25, 0.3) is 0 Å². The molecule has 1 fully saturated rings. The Hall–Kier alpha value is -1.42. The zero-order valence-corrected chi connectivity index (χ0v) is 10.7. The summed E-state index contributed by atoms with van der Waals surface area (Å²) in [7, 11) is 0. The molecule has 0 aliphatic carbocycles. The number of rotatable bonds is 2. The number of nitrogens with zero attached hydrogens (tertiary/aromatic N) is 1. The van der Waals surface area contributed by atoms with Crippen molar-refractivity contribution in [2.45, 2.75) is 38.3 Å². The lowest BCUT2D eigenvalue weighted by Crippen LogP contribution is -2.43. The summed E-state index contributed by atoms with van der Waals surface area (Å²) in [5.74, 6) is -0.495. The van der Waals surface area contributed by atoms with Crippen LogP contribution in [0.5, 0.6) is 0 Å². The van der Waals surface area contributed by atoms with Crippen molar-refractivity contribution < 1.29 is 14.3 Å². The minimum atomic E-state index is -0.482. The van der Waals surface area contributed by atoms with Crippen molar-refractivity contribution in [3.05, 3.63) is 35.6 Å². The highest BCUT2D eigenvalue weighted by molar-refractivity contribution is 5.80. The molecule has 1 aliphatic rings. The van der Waals surface area contributed by atoms with E-state index in [0.717, 1.165) is 0 Å². The Morgan fingerprint density at radius 3 is 2.72 bits per heavy atom. The smallest absolute Gasteiger partial charge is 0.227 e. The summed E-state index contributed by atoms with van der Waals surface area (Å²) in [6.45, 7) is 4.17. The molecule has 4 heteroatoms. The highest BCUT2D eigenvalue weighted by atomic mass is 19.1. The third-order valence-corrected chi connectivity index (χ3v) is 3.46. The van der Waals surface area contributed by atoms with E-state index in [4.69, 9.17) is 0 Å². The van der Waals surface area contributed by atoms with Crippen LogP contribution < -0.4 is 0 Å². The number of carbonyl (C=O) groups is 1. The average molecular weight is 251 g/mol. The van der Waals surface area contributed by atoms with E-state index in [0.29, 0.717) is 18.5 Å². The van der Waals surface area contributed by atoms with E-state index in [1.165, 1.54) is 6.07 Å². The molecule has 1 heterocycles. The molecule has 1 aromatic rings. The molecule has 1 N–H and O–H groups in total. The molecule has 1 unspecified atom stereocenters. The average Bonchev–Trinajstić information content (AvgIpc) is 2.55. The van der Waals surface area contributed by atoms with Crippen LogP contribution in [0.4, 0.5) is 4.39 Å². The summed E-state index contributed by atoms with van der Waals surface area (Å²) < 4.78 is 13.5. The molecule has 1 amide bonds. The van der Waals surface area contributed by atoms with Crippen LogP contribution >= 0.6 is 0 Å². The van der Waals surface area contributed by atoms with E-state index in [9.17, 15) is 14.3 Å². The van der Waals surface area contributed by atoms with E-state index in [1.807, 2.05) is 13.8 Å². The standard InChI is InChI=1S/C14H18FNO2/c1-14(2)8-11(17)9-16(14)13(18)7-10-5-3-4-6-12(10)15/h3-6,11,17H,7-9H2,1-2H3. The Morgan fingerprint density at radius 1 is 1.50 bits per heavy atom. The van der Waals surface area contributed by atoms with E-state index in [2.05, 4.69) is 0 Å². The van der Waals surface area contributed by atoms with Crippen LogP contribution in [0.3, 0.4) is 0 Å². The number of aliphatic hydroxyl groups excluding tert-OH is 1. The Kier molecular flexibility index (Phi) is 3.39. The summed E-state index contributed by atoms with van der Waals surface area (Å²) in [5.41, 5.74) is 0.0431. The second kappa shape index (κ2) is 4.69. The quantitative estimate of drug-likeness (QED) is 0.869. The number of β-amino-alcohol motifs (C(OH)–C–C–N with tert-alkyl or cyclic N) is 1. The number of halogens is 1. The van der Waals surface area contributed by atoms with Gasteiger partial charge in [0.05, 0.1) is 12.5 Å². The first-order valence-corrected chi connectivity index (χ1v) is 6.12. The Balaban J connectivity index is 2.12. The summed E-state index contributed by atoms with van der Waals surface area (Å²) in [6.07, 6.45) is 0.128. The van der Waals surface area contributed by atoms with Gasteiger partial charge in [-0.1, -0.05) is 18.2 Å². The molecular formula is C14H18FNO2. The van der Waals surface area contributed by atoms with Gasteiger partial charge in [-0.2, -0.15) is 0 Å². The lowest BCUT2D eigenvalue weighted by atomic mass is 10.0. The van der Waals surface area contributed by atoms with Gasteiger partial charge in [0, 0.05) is 12.1 Å². The van der Waals surface area contributed by atoms with Gasteiger partial charge < -0.3 is 10.0 Å². The van der Waals surface area contributed by atoms with Gasteiger partial charge in [0.15, 0.2) is 0 Å². The van der Waals surface area contributed by atoms with Crippen LogP contribution in [0.1, 0.15) is 25.8 Å². The first-order chi connectivity index (χ1) is 8.40. The van der Waals surface area contributed by atoms with Gasteiger partial charge in [-0.3, -0.25) is 4.79 Å². The minimum Gasteiger partial charge on any atom is -0.391 e. The minimum absolute atomic E-state index is 0.0445. The topological polar surface area (TPSA) is 40.5 Å². The van der Waals surface area contributed by atoms with Gasteiger partial charge in [0.2, 0.25) is 5.91 Å². The zero-order valence-electron chi connectivity index (χ0n) is 10.7. The van der Waals surface area contributed by atoms with E-state index in [-0.39, 0.29) is 23.7 Å². The predicted molar refractivity (Wildman–Crippen MR) is 66.5 cm³/mol. The Morgan fingerprint density at radius 2 is 2.17 bits per heavy atom. The molecule has 0 saturated carbocycles. The number of benzene rings is 1. The number of aliphatic hydroxyl groups is 1.